The summed E-state index contributed by atoms with van der Waals surface area (Å²) in [5.74, 6) is 0.159. The van der Waals surface area contributed by atoms with Gasteiger partial charge in [0.05, 0.1) is 6.10 Å². The summed E-state index contributed by atoms with van der Waals surface area (Å²) >= 11 is 0. The van der Waals surface area contributed by atoms with Crippen LogP contribution >= 0.6 is 0 Å². The predicted octanol–water partition coefficient (Wildman–Crippen LogP) is 1.81. The number of nitrogens with zero attached hydrogens (tertiary/aromatic N) is 2. The Kier molecular flexibility index (Phi) is 4.76. The molecule has 2 aliphatic rings. The van der Waals surface area contributed by atoms with Crippen LogP contribution in [-0.4, -0.2) is 47.6 Å². The summed E-state index contributed by atoms with van der Waals surface area (Å²) in [4.78, 5) is 27.4. The summed E-state index contributed by atoms with van der Waals surface area (Å²) < 4.78 is 0. The highest BCUT2D eigenvalue weighted by molar-refractivity contribution is 5.95. The van der Waals surface area contributed by atoms with Crippen molar-refractivity contribution in [1.29, 1.82) is 0 Å². The predicted molar refractivity (Wildman–Crippen MR) is 88.9 cm³/mol. The fourth-order valence-corrected chi connectivity index (χ4v) is 3.05. The first-order valence-electron chi connectivity index (χ1n) is 8.19. The Bertz CT molecular complexity index is 601. The normalized spacial score (nSPS) is 19.8. The maximum absolute atomic E-state index is 12.1. The molecule has 2 fully saturated rings. The molecule has 0 bridgehead atoms. The minimum Gasteiger partial charge on any atom is -0.393 e. The summed E-state index contributed by atoms with van der Waals surface area (Å²) in [6.45, 7) is 2.01. The average molecular weight is 314 g/mol. The van der Waals surface area contributed by atoms with E-state index in [9.17, 15) is 14.7 Å². The van der Waals surface area contributed by atoms with Gasteiger partial charge in [0.1, 0.15) is 0 Å². The van der Waals surface area contributed by atoms with Gasteiger partial charge in [-0.3, -0.25) is 9.59 Å². The molecule has 1 N–H and O–H groups in total. The highest BCUT2D eigenvalue weighted by Gasteiger charge is 2.21. The van der Waals surface area contributed by atoms with Crippen molar-refractivity contribution in [3.63, 3.8) is 0 Å². The topological polar surface area (TPSA) is 60.9 Å². The summed E-state index contributed by atoms with van der Waals surface area (Å²) in [6, 6.07) is 7.69. The number of hydrogen-bond acceptors (Lipinski definition) is 3. The lowest BCUT2D eigenvalue weighted by molar-refractivity contribution is -0.127. The lowest BCUT2D eigenvalue weighted by Gasteiger charge is -2.28. The van der Waals surface area contributed by atoms with Crippen molar-refractivity contribution in [2.45, 2.75) is 31.8 Å². The number of aliphatic hydroxyl groups is 1. The van der Waals surface area contributed by atoms with Crippen molar-refractivity contribution in [2.75, 3.05) is 24.5 Å². The molecule has 3 rings (SSSR count). The average Bonchev–Trinajstić information content (AvgIpc) is 3.00. The minimum atomic E-state index is -0.274. The molecule has 1 aromatic carbocycles. The van der Waals surface area contributed by atoms with Crippen LogP contribution in [0.25, 0.3) is 6.08 Å². The van der Waals surface area contributed by atoms with Gasteiger partial charge in [-0.1, -0.05) is 12.1 Å². The molecule has 0 spiro atoms. The first kappa shape index (κ1) is 15.7. The van der Waals surface area contributed by atoms with Crippen LogP contribution < -0.4 is 4.90 Å². The SMILES string of the molecule is O=C(/C=C/c1ccc(N2CCCC2=O)cc1)N1CCC(O)CC1. The molecule has 0 unspecified atom stereocenters. The van der Waals surface area contributed by atoms with Gasteiger partial charge in [0.2, 0.25) is 11.8 Å². The minimum absolute atomic E-state index is 0.0179. The van der Waals surface area contributed by atoms with Crippen LogP contribution in [0, 0.1) is 0 Å². The van der Waals surface area contributed by atoms with E-state index in [2.05, 4.69) is 0 Å². The van der Waals surface area contributed by atoms with Crippen LogP contribution in [0.2, 0.25) is 0 Å². The highest BCUT2D eigenvalue weighted by Crippen LogP contribution is 2.22. The smallest absolute Gasteiger partial charge is 0.246 e. The lowest BCUT2D eigenvalue weighted by atomic mass is 10.1. The van der Waals surface area contributed by atoms with E-state index in [4.69, 9.17) is 0 Å². The Morgan fingerprint density at radius 1 is 1.13 bits per heavy atom. The standard InChI is InChI=1S/C18H22N2O3/c21-16-9-12-19(13-10-16)17(22)8-5-14-3-6-15(7-4-14)20-11-1-2-18(20)23/h3-8,16,21H,1-2,9-13H2/b8-5+. The molecular formula is C18H22N2O3. The Balaban J connectivity index is 1.59. The molecule has 2 saturated heterocycles. The van der Waals surface area contributed by atoms with E-state index in [-0.39, 0.29) is 17.9 Å². The van der Waals surface area contributed by atoms with Crippen molar-refractivity contribution in [2.24, 2.45) is 0 Å². The third-order valence-electron chi connectivity index (χ3n) is 4.47. The van der Waals surface area contributed by atoms with Gasteiger partial charge < -0.3 is 14.9 Å². The third-order valence-corrected chi connectivity index (χ3v) is 4.47. The van der Waals surface area contributed by atoms with Gasteiger partial charge in [-0.05, 0) is 43.0 Å². The Labute approximate surface area is 136 Å². The number of carbonyl (C=O) groups excluding carboxylic acids is 2. The Morgan fingerprint density at radius 2 is 1.83 bits per heavy atom. The lowest BCUT2D eigenvalue weighted by Crippen LogP contribution is -2.39. The van der Waals surface area contributed by atoms with Crippen molar-refractivity contribution < 1.29 is 14.7 Å². The number of hydrogen-bond donors (Lipinski definition) is 1. The van der Waals surface area contributed by atoms with Gasteiger partial charge in [-0.2, -0.15) is 0 Å². The number of rotatable bonds is 3. The fourth-order valence-electron chi connectivity index (χ4n) is 3.05. The molecule has 0 aliphatic carbocycles. The molecule has 0 radical (unpaired) electrons. The van der Waals surface area contributed by atoms with Crippen LogP contribution in [0.3, 0.4) is 0 Å². The zero-order valence-electron chi connectivity index (χ0n) is 13.1. The van der Waals surface area contributed by atoms with Crippen LogP contribution in [0.4, 0.5) is 5.69 Å². The molecule has 5 heteroatoms. The van der Waals surface area contributed by atoms with Gasteiger partial charge in [0, 0.05) is 37.8 Å². The molecule has 0 aromatic heterocycles. The molecule has 5 nitrogen and oxygen atoms in total. The van der Waals surface area contributed by atoms with E-state index in [1.165, 1.54) is 0 Å². The molecule has 122 valence electrons. The van der Waals surface area contributed by atoms with E-state index in [1.807, 2.05) is 24.3 Å². The van der Waals surface area contributed by atoms with Gasteiger partial charge in [-0.15, -0.1) is 0 Å². The van der Waals surface area contributed by atoms with Crippen LogP contribution in [0.1, 0.15) is 31.2 Å². The third kappa shape index (κ3) is 3.79. The quantitative estimate of drug-likeness (QED) is 0.866. The van der Waals surface area contributed by atoms with Crippen LogP contribution in [-0.2, 0) is 9.59 Å². The number of likely N-dealkylation sites (tertiary alicyclic amines) is 1. The number of anilines is 1. The van der Waals surface area contributed by atoms with Gasteiger partial charge in [0.15, 0.2) is 0 Å². The number of aliphatic hydroxyl groups excluding tert-OH is 1. The second-order valence-corrected chi connectivity index (χ2v) is 6.13. The molecule has 0 atom stereocenters. The summed E-state index contributed by atoms with van der Waals surface area (Å²) in [5.41, 5.74) is 1.85. The Hall–Kier alpha value is -2.14. The van der Waals surface area contributed by atoms with E-state index in [0.717, 1.165) is 24.2 Å². The van der Waals surface area contributed by atoms with Crippen LogP contribution in [0.5, 0.6) is 0 Å². The van der Waals surface area contributed by atoms with Crippen LogP contribution in [0.15, 0.2) is 30.3 Å². The monoisotopic (exact) mass is 314 g/mol. The second kappa shape index (κ2) is 6.96. The number of piperidine rings is 1. The number of carbonyl (C=O) groups is 2. The Morgan fingerprint density at radius 3 is 2.43 bits per heavy atom. The zero-order chi connectivity index (χ0) is 16.2. The van der Waals surface area contributed by atoms with Gasteiger partial charge >= 0.3 is 0 Å². The summed E-state index contributed by atoms with van der Waals surface area (Å²) in [7, 11) is 0. The van der Waals surface area contributed by atoms with Gasteiger partial charge in [0.25, 0.3) is 0 Å². The van der Waals surface area contributed by atoms with E-state index >= 15 is 0 Å². The van der Waals surface area contributed by atoms with Crippen molar-refractivity contribution in [3.8, 4) is 0 Å². The second-order valence-electron chi connectivity index (χ2n) is 6.13. The summed E-state index contributed by atoms with van der Waals surface area (Å²) in [5, 5.41) is 9.47. The molecule has 2 aliphatic heterocycles. The number of amides is 2. The van der Waals surface area contributed by atoms with Crippen molar-refractivity contribution >= 4 is 23.6 Å². The number of benzene rings is 1. The maximum atomic E-state index is 12.1. The largest absolute Gasteiger partial charge is 0.393 e. The van der Waals surface area contributed by atoms with E-state index in [0.29, 0.717) is 32.4 Å². The van der Waals surface area contributed by atoms with Crippen molar-refractivity contribution in [3.05, 3.63) is 35.9 Å². The van der Waals surface area contributed by atoms with E-state index < -0.39 is 0 Å². The molecule has 2 amide bonds. The summed E-state index contributed by atoms with van der Waals surface area (Å²) in [6.07, 6.45) is 5.94. The zero-order valence-corrected chi connectivity index (χ0v) is 13.1. The maximum Gasteiger partial charge on any atom is 0.246 e. The van der Waals surface area contributed by atoms with Crippen molar-refractivity contribution in [1.82, 2.24) is 4.90 Å². The molecule has 23 heavy (non-hydrogen) atoms. The first-order chi connectivity index (χ1) is 11.1. The van der Waals surface area contributed by atoms with E-state index in [1.54, 1.807) is 22.0 Å². The molecular weight excluding hydrogens is 292 g/mol. The highest BCUT2D eigenvalue weighted by atomic mass is 16.3. The molecule has 2 heterocycles. The fraction of sp³-hybridized carbons (Fsp3) is 0.444. The molecule has 0 saturated carbocycles. The van der Waals surface area contributed by atoms with Gasteiger partial charge in [-0.25, -0.2) is 0 Å². The molecule has 1 aromatic rings. The first-order valence-corrected chi connectivity index (χ1v) is 8.19.